The van der Waals surface area contributed by atoms with Crippen LogP contribution in [0.3, 0.4) is 0 Å². The van der Waals surface area contributed by atoms with E-state index in [-0.39, 0.29) is 35.6 Å². The number of hydrogen-bond donors (Lipinski definition) is 0. The van der Waals surface area contributed by atoms with Crippen molar-refractivity contribution in [2.75, 3.05) is 38.5 Å². The molecule has 0 N–H and O–H groups in total. The summed E-state index contributed by atoms with van der Waals surface area (Å²) in [5.41, 5.74) is 0. The van der Waals surface area contributed by atoms with E-state index in [0.29, 0.717) is 0 Å². The maximum atomic E-state index is 10.0. The average molecular weight is 377 g/mol. The van der Waals surface area contributed by atoms with Crippen LogP contribution in [0.5, 0.6) is 0 Å². The van der Waals surface area contributed by atoms with Gasteiger partial charge in [0.2, 0.25) is 0 Å². The molecule has 0 saturated heterocycles. The van der Waals surface area contributed by atoms with E-state index in [4.69, 9.17) is 0 Å². The molecule has 10 heteroatoms. The maximum Gasteiger partial charge on any atom is 3.00 e. The van der Waals surface area contributed by atoms with E-state index in [9.17, 15) is 28.4 Å². The second kappa shape index (κ2) is 12.8. The Hall–Kier alpha value is 1.09. The molecule has 3 atom stereocenters. The molecule has 0 aliphatic rings. The fraction of sp³-hybridized carbons (Fsp3) is 1.00. The van der Waals surface area contributed by atoms with Crippen LogP contribution in [0.2, 0.25) is 0 Å². The zero-order valence-corrected chi connectivity index (χ0v) is 16.1. The summed E-state index contributed by atoms with van der Waals surface area (Å²) in [5, 5.41) is 0. The Bertz CT molecular complexity index is 277. The Balaban J connectivity index is -0.0000000865. The minimum absolute atomic E-state index is 0. The summed E-state index contributed by atoms with van der Waals surface area (Å²) in [5.74, 6) is 0. The SMILES string of the molecule is CCP(C)(=O)[O-].CCP(C)(=O)[O-].CCP(C)(=O)[O-].[Fe+3]. The van der Waals surface area contributed by atoms with Crippen molar-refractivity contribution >= 4 is 22.1 Å². The Morgan fingerprint density at radius 1 is 0.632 bits per heavy atom. The van der Waals surface area contributed by atoms with Crippen molar-refractivity contribution in [3.63, 3.8) is 0 Å². The molecular formula is C9H24FeO6P3. The molecule has 0 aliphatic heterocycles. The van der Waals surface area contributed by atoms with Crippen LogP contribution in [0.25, 0.3) is 0 Å². The van der Waals surface area contributed by atoms with E-state index in [1.807, 2.05) is 0 Å². The van der Waals surface area contributed by atoms with Gasteiger partial charge >= 0.3 is 17.1 Å². The molecule has 0 rings (SSSR count). The van der Waals surface area contributed by atoms with Crippen LogP contribution in [0.15, 0.2) is 0 Å². The van der Waals surface area contributed by atoms with E-state index in [1.54, 1.807) is 20.8 Å². The third-order valence-corrected chi connectivity index (χ3v) is 5.17. The molecule has 0 aromatic rings. The van der Waals surface area contributed by atoms with Gasteiger partial charge in [-0.05, 0) is 38.5 Å². The molecule has 0 bridgehead atoms. The van der Waals surface area contributed by atoms with Crippen LogP contribution in [-0.4, -0.2) is 38.5 Å². The molecule has 0 spiro atoms. The zero-order valence-electron chi connectivity index (χ0n) is 12.3. The van der Waals surface area contributed by atoms with Gasteiger partial charge in [0.25, 0.3) is 0 Å². The summed E-state index contributed by atoms with van der Waals surface area (Å²) in [4.78, 5) is 30.1. The molecule has 6 nitrogen and oxygen atoms in total. The molecule has 0 aromatic heterocycles. The van der Waals surface area contributed by atoms with Crippen LogP contribution in [0.1, 0.15) is 20.8 Å². The van der Waals surface area contributed by atoms with Gasteiger partial charge in [0.15, 0.2) is 0 Å². The fourth-order valence-corrected chi connectivity index (χ4v) is 0. The smallest absolute Gasteiger partial charge is 0.799 e. The summed E-state index contributed by atoms with van der Waals surface area (Å²) in [6.45, 7) is 8.63. The number of rotatable bonds is 3. The molecule has 19 heavy (non-hydrogen) atoms. The van der Waals surface area contributed by atoms with Crippen LogP contribution in [0.4, 0.5) is 0 Å². The first-order chi connectivity index (χ1) is 7.68. The summed E-state index contributed by atoms with van der Waals surface area (Å²) >= 11 is 0. The maximum absolute atomic E-state index is 10.0. The molecule has 119 valence electrons. The third kappa shape index (κ3) is 54.8. The zero-order chi connectivity index (χ0) is 15.6. The summed E-state index contributed by atoms with van der Waals surface area (Å²) in [7, 11) is -8.69. The largest absolute Gasteiger partial charge is 3.00 e. The van der Waals surface area contributed by atoms with Crippen molar-refractivity contribution in [2.45, 2.75) is 20.8 Å². The molecular weight excluding hydrogens is 353 g/mol. The van der Waals surface area contributed by atoms with Gasteiger partial charge in [0.05, 0.1) is 0 Å². The number of hydrogen-bond acceptors (Lipinski definition) is 6. The van der Waals surface area contributed by atoms with Gasteiger partial charge in [-0.15, -0.1) is 0 Å². The second-order valence-electron chi connectivity index (χ2n) is 3.99. The van der Waals surface area contributed by atoms with Crippen molar-refractivity contribution in [1.29, 1.82) is 0 Å². The van der Waals surface area contributed by atoms with Crippen molar-refractivity contribution in [3.05, 3.63) is 0 Å². The van der Waals surface area contributed by atoms with E-state index in [2.05, 4.69) is 0 Å². The van der Waals surface area contributed by atoms with Crippen molar-refractivity contribution in [3.8, 4) is 0 Å². The van der Waals surface area contributed by atoms with E-state index < -0.39 is 22.1 Å². The third-order valence-electron chi connectivity index (χ3n) is 1.72. The van der Waals surface area contributed by atoms with Gasteiger partial charge in [-0.1, -0.05) is 20.8 Å². The quantitative estimate of drug-likeness (QED) is 0.531. The molecule has 0 aromatic carbocycles. The minimum Gasteiger partial charge on any atom is -0.799 e. The minimum atomic E-state index is -2.90. The molecule has 0 saturated carbocycles. The first kappa shape index (κ1) is 28.3. The van der Waals surface area contributed by atoms with Crippen molar-refractivity contribution in [1.82, 2.24) is 0 Å². The molecule has 0 aliphatic carbocycles. The summed E-state index contributed by atoms with van der Waals surface area (Å²) < 4.78 is 30.1. The van der Waals surface area contributed by atoms with Crippen LogP contribution in [-0.2, 0) is 30.8 Å². The average Bonchev–Trinajstić information content (AvgIpc) is 2.16. The molecule has 1 radical (unpaired) electrons. The fourth-order valence-electron chi connectivity index (χ4n) is 0. The topological polar surface area (TPSA) is 120 Å². The Morgan fingerprint density at radius 2 is 0.684 bits per heavy atom. The normalized spacial score (nSPS) is 18.8. The van der Waals surface area contributed by atoms with Crippen molar-refractivity contribution < 1.29 is 45.4 Å². The molecule has 0 amide bonds. The summed E-state index contributed by atoms with van der Waals surface area (Å²) in [6, 6.07) is 0. The van der Waals surface area contributed by atoms with Gasteiger partial charge in [0.1, 0.15) is 0 Å². The van der Waals surface area contributed by atoms with Gasteiger partial charge in [-0.25, -0.2) is 0 Å². The van der Waals surface area contributed by atoms with E-state index in [1.165, 1.54) is 20.0 Å². The summed E-state index contributed by atoms with van der Waals surface area (Å²) in [6.07, 6.45) is 0.812. The first-order valence-corrected chi connectivity index (χ1v) is 12.3. The van der Waals surface area contributed by atoms with Crippen LogP contribution >= 0.6 is 22.1 Å². The second-order valence-corrected chi connectivity index (χ2v) is 12.0. The van der Waals surface area contributed by atoms with Gasteiger partial charge in [-0.2, -0.15) is 0 Å². The Kier molecular flexibility index (Phi) is 19.1. The molecule has 3 unspecified atom stereocenters. The van der Waals surface area contributed by atoms with Gasteiger partial charge in [-0.3, -0.25) is 0 Å². The first-order valence-electron chi connectivity index (χ1n) is 5.51. The standard InChI is InChI=1S/3C3H9O2P.Fe/c3*1-3-6(2,4)5;/h3*3H2,1-2H3,(H,4,5);/q;;;+3/p-3. The molecule has 0 heterocycles. The monoisotopic (exact) mass is 377 g/mol. The van der Waals surface area contributed by atoms with Crippen molar-refractivity contribution in [2.24, 2.45) is 0 Å². The predicted octanol–water partition coefficient (Wildman–Crippen LogP) is 0.821. The Morgan fingerprint density at radius 3 is 0.684 bits per heavy atom. The van der Waals surface area contributed by atoms with Crippen LogP contribution < -0.4 is 14.7 Å². The molecule has 0 fully saturated rings. The van der Waals surface area contributed by atoms with E-state index >= 15 is 0 Å². The Labute approximate surface area is 127 Å². The van der Waals surface area contributed by atoms with Gasteiger partial charge in [0, 0.05) is 22.1 Å². The van der Waals surface area contributed by atoms with Gasteiger partial charge < -0.3 is 28.4 Å². The van der Waals surface area contributed by atoms with Crippen LogP contribution in [0, 0.1) is 0 Å². The predicted molar refractivity (Wildman–Crippen MR) is 72.2 cm³/mol. The van der Waals surface area contributed by atoms with E-state index in [0.717, 1.165) is 0 Å².